The number of nitrogens with one attached hydrogen (secondary N) is 1. The molecule has 128 valence electrons. The summed E-state index contributed by atoms with van der Waals surface area (Å²) in [6.45, 7) is 1.12. The minimum atomic E-state index is -4.53. The molecule has 3 nitrogen and oxygen atoms in total. The summed E-state index contributed by atoms with van der Waals surface area (Å²) in [6.07, 6.45) is -3.71. The van der Waals surface area contributed by atoms with E-state index < -0.39 is 11.7 Å². The second kappa shape index (κ2) is 6.64. The molecule has 1 aliphatic heterocycles. The number of hydrogen-bond donors (Lipinski definition) is 1. The molecule has 8 heteroatoms. The monoisotopic (exact) mass is 374 g/mol. The predicted octanol–water partition coefficient (Wildman–Crippen LogP) is 4.42. The molecule has 0 fully saturated rings. The molecule has 2 aromatic rings. The maximum atomic E-state index is 12.8. The Morgan fingerprint density at radius 3 is 2.88 bits per heavy atom. The number of anilines is 1. The van der Waals surface area contributed by atoms with Crippen LogP contribution in [0.2, 0.25) is 5.02 Å². The summed E-state index contributed by atoms with van der Waals surface area (Å²) in [6, 6.07) is 5.53. The van der Waals surface area contributed by atoms with E-state index in [4.69, 9.17) is 11.6 Å². The topological polar surface area (TPSA) is 32.3 Å². The maximum Gasteiger partial charge on any atom is 0.417 e. The van der Waals surface area contributed by atoms with Gasteiger partial charge in [0.2, 0.25) is 5.91 Å². The summed E-state index contributed by atoms with van der Waals surface area (Å²) in [5, 5.41) is 4.39. The van der Waals surface area contributed by atoms with Crippen LogP contribution >= 0.6 is 22.9 Å². The smallest absolute Gasteiger partial charge is 0.376 e. The molecule has 1 amide bonds. The van der Waals surface area contributed by atoms with E-state index in [1.807, 2.05) is 11.4 Å². The van der Waals surface area contributed by atoms with Gasteiger partial charge in [0, 0.05) is 23.7 Å². The van der Waals surface area contributed by atoms with Crippen molar-refractivity contribution in [1.82, 2.24) is 4.90 Å². The molecule has 0 saturated carbocycles. The van der Waals surface area contributed by atoms with Crippen LogP contribution in [0.25, 0.3) is 0 Å². The lowest BCUT2D eigenvalue weighted by molar-refractivity contribution is -0.137. The number of fused-ring (bicyclic) bond motifs is 1. The zero-order valence-electron chi connectivity index (χ0n) is 12.5. The third-order valence-electron chi connectivity index (χ3n) is 3.88. The molecule has 1 aromatic carbocycles. The number of carbonyl (C=O) groups excluding carboxylic acids is 1. The lowest BCUT2D eigenvalue weighted by Gasteiger charge is -2.27. The van der Waals surface area contributed by atoms with Gasteiger partial charge in [-0.3, -0.25) is 4.79 Å². The number of amides is 1. The van der Waals surface area contributed by atoms with Crippen molar-refractivity contribution in [2.45, 2.75) is 19.1 Å². The van der Waals surface area contributed by atoms with Crippen LogP contribution in [0.5, 0.6) is 0 Å². The summed E-state index contributed by atoms with van der Waals surface area (Å²) < 4.78 is 38.5. The third kappa shape index (κ3) is 3.67. The summed E-state index contributed by atoms with van der Waals surface area (Å²) in [4.78, 5) is 15.3. The Hall–Kier alpha value is -1.73. The van der Waals surface area contributed by atoms with Gasteiger partial charge in [0.25, 0.3) is 0 Å². The molecule has 0 aliphatic carbocycles. The number of alkyl halides is 3. The van der Waals surface area contributed by atoms with E-state index in [2.05, 4.69) is 5.32 Å². The van der Waals surface area contributed by atoms with Crippen molar-refractivity contribution in [2.75, 3.05) is 18.4 Å². The second-order valence-corrected chi connectivity index (χ2v) is 6.89. The first-order chi connectivity index (χ1) is 11.3. The number of nitrogens with zero attached hydrogens (tertiary/aromatic N) is 1. The van der Waals surface area contributed by atoms with Crippen molar-refractivity contribution >= 4 is 34.5 Å². The summed E-state index contributed by atoms with van der Waals surface area (Å²) in [5.74, 6) is -0.143. The van der Waals surface area contributed by atoms with E-state index in [-0.39, 0.29) is 23.2 Å². The molecule has 1 aromatic heterocycles. The van der Waals surface area contributed by atoms with Crippen LogP contribution in [0.4, 0.5) is 18.9 Å². The molecule has 0 spiro atoms. The highest BCUT2D eigenvalue weighted by atomic mass is 35.5. The SMILES string of the molecule is O=C(CNc1ccc(Cl)c(C(F)(F)F)c1)N1CCc2sccc2C1. The van der Waals surface area contributed by atoms with Crippen LogP contribution < -0.4 is 5.32 Å². The Balaban J connectivity index is 1.63. The van der Waals surface area contributed by atoms with Crippen molar-refractivity contribution in [3.05, 3.63) is 50.7 Å². The largest absolute Gasteiger partial charge is 0.417 e. The predicted molar refractivity (Wildman–Crippen MR) is 88.4 cm³/mol. The van der Waals surface area contributed by atoms with Gasteiger partial charge in [-0.2, -0.15) is 13.2 Å². The van der Waals surface area contributed by atoms with Crippen LogP contribution in [0.15, 0.2) is 29.6 Å². The minimum absolute atomic E-state index is 0.0571. The van der Waals surface area contributed by atoms with Gasteiger partial charge in [0.15, 0.2) is 0 Å². The Morgan fingerprint density at radius 2 is 2.12 bits per heavy atom. The second-order valence-electron chi connectivity index (χ2n) is 5.48. The molecule has 0 radical (unpaired) electrons. The van der Waals surface area contributed by atoms with E-state index in [0.717, 1.165) is 18.1 Å². The highest BCUT2D eigenvalue weighted by Gasteiger charge is 2.33. The van der Waals surface area contributed by atoms with Gasteiger partial charge in [-0.25, -0.2) is 0 Å². The number of halogens is 4. The van der Waals surface area contributed by atoms with Gasteiger partial charge in [-0.1, -0.05) is 11.6 Å². The molecular formula is C16H14ClF3N2OS. The van der Waals surface area contributed by atoms with Crippen LogP contribution in [-0.2, 0) is 23.9 Å². The first-order valence-corrected chi connectivity index (χ1v) is 8.54. The number of thiophene rings is 1. The lowest BCUT2D eigenvalue weighted by atomic mass is 10.1. The number of carbonyl (C=O) groups is 1. The molecular weight excluding hydrogens is 361 g/mol. The van der Waals surface area contributed by atoms with Crippen LogP contribution in [0.3, 0.4) is 0 Å². The average molecular weight is 375 g/mol. The normalized spacial score (nSPS) is 14.4. The standard InChI is InChI=1S/C16H14ClF3N2OS/c17-13-2-1-11(7-12(13)16(18,19)20)21-8-15(23)22-5-3-14-10(9-22)4-6-24-14/h1-2,4,6-7,21H,3,5,8-9H2. The summed E-state index contributed by atoms with van der Waals surface area (Å²) in [7, 11) is 0. The fourth-order valence-electron chi connectivity index (χ4n) is 2.60. The molecule has 0 bridgehead atoms. The van der Waals surface area contributed by atoms with Crippen molar-refractivity contribution in [3.8, 4) is 0 Å². The summed E-state index contributed by atoms with van der Waals surface area (Å²) >= 11 is 7.26. The number of rotatable bonds is 3. The van der Waals surface area contributed by atoms with Crippen LogP contribution in [0, 0.1) is 0 Å². The Labute approximate surface area is 146 Å². The van der Waals surface area contributed by atoms with Crippen LogP contribution in [-0.4, -0.2) is 23.9 Å². The maximum absolute atomic E-state index is 12.8. The molecule has 2 heterocycles. The van der Waals surface area contributed by atoms with E-state index in [1.54, 1.807) is 16.2 Å². The average Bonchev–Trinajstić information content (AvgIpc) is 3.00. The molecule has 24 heavy (non-hydrogen) atoms. The van der Waals surface area contributed by atoms with Crippen molar-refractivity contribution in [2.24, 2.45) is 0 Å². The molecule has 1 N–H and O–H groups in total. The fraction of sp³-hybridized carbons (Fsp3) is 0.312. The molecule has 1 aliphatic rings. The highest BCUT2D eigenvalue weighted by Crippen LogP contribution is 2.36. The highest BCUT2D eigenvalue weighted by molar-refractivity contribution is 7.10. The molecule has 0 saturated heterocycles. The van der Waals surface area contributed by atoms with Gasteiger partial charge in [-0.15, -0.1) is 11.3 Å². The van der Waals surface area contributed by atoms with Crippen molar-refractivity contribution in [1.29, 1.82) is 0 Å². The zero-order chi connectivity index (χ0) is 17.3. The summed E-state index contributed by atoms with van der Waals surface area (Å²) in [5.41, 5.74) is 0.446. The Bertz CT molecular complexity index is 760. The van der Waals surface area contributed by atoms with Crippen molar-refractivity contribution in [3.63, 3.8) is 0 Å². The third-order valence-corrected chi connectivity index (χ3v) is 5.23. The fourth-order valence-corrected chi connectivity index (χ4v) is 3.72. The van der Waals surface area contributed by atoms with E-state index >= 15 is 0 Å². The first kappa shape index (κ1) is 17.1. The lowest BCUT2D eigenvalue weighted by Crippen LogP contribution is -2.38. The van der Waals surface area contributed by atoms with Gasteiger partial charge in [0.1, 0.15) is 0 Å². The number of hydrogen-bond acceptors (Lipinski definition) is 3. The first-order valence-electron chi connectivity index (χ1n) is 7.28. The Kier molecular flexibility index (Phi) is 4.73. The molecule has 0 unspecified atom stereocenters. The molecule has 3 rings (SSSR count). The van der Waals surface area contributed by atoms with Gasteiger partial charge >= 0.3 is 6.18 Å². The van der Waals surface area contributed by atoms with E-state index in [1.165, 1.54) is 17.0 Å². The molecule has 0 atom stereocenters. The van der Waals surface area contributed by atoms with E-state index in [0.29, 0.717) is 13.1 Å². The van der Waals surface area contributed by atoms with Gasteiger partial charge < -0.3 is 10.2 Å². The van der Waals surface area contributed by atoms with Crippen molar-refractivity contribution < 1.29 is 18.0 Å². The number of benzene rings is 1. The quantitative estimate of drug-likeness (QED) is 0.862. The van der Waals surface area contributed by atoms with Gasteiger partial charge in [0.05, 0.1) is 17.1 Å². The Morgan fingerprint density at radius 1 is 1.33 bits per heavy atom. The van der Waals surface area contributed by atoms with E-state index in [9.17, 15) is 18.0 Å². The van der Waals surface area contributed by atoms with Crippen LogP contribution in [0.1, 0.15) is 16.0 Å². The zero-order valence-corrected chi connectivity index (χ0v) is 14.1. The minimum Gasteiger partial charge on any atom is -0.376 e. The van der Waals surface area contributed by atoms with Gasteiger partial charge in [-0.05, 0) is 41.6 Å².